The zero-order chi connectivity index (χ0) is 9.97. The van der Waals surface area contributed by atoms with Gasteiger partial charge in [0.05, 0.1) is 13.2 Å². The molecule has 14 heavy (non-hydrogen) atoms. The predicted molar refractivity (Wildman–Crippen MR) is 58.7 cm³/mol. The maximum atomic E-state index is 5.66. The summed E-state index contributed by atoms with van der Waals surface area (Å²) in [5, 5.41) is 0. The van der Waals surface area contributed by atoms with Crippen molar-refractivity contribution in [2.45, 2.75) is 6.42 Å². The topological polar surface area (TPSA) is 18.5 Å². The van der Waals surface area contributed by atoms with Gasteiger partial charge in [-0.2, -0.15) is 0 Å². The van der Waals surface area contributed by atoms with E-state index in [1.165, 1.54) is 5.56 Å². The van der Waals surface area contributed by atoms with Crippen molar-refractivity contribution in [3.05, 3.63) is 28.2 Å². The molecule has 0 bridgehead atoms. The first-order valence-electron chi connectivity index (χ1n) is 4.70. The van der Waals surface area contributed by atoms with Gasteiger partial charge in [-0.25, -0.2) is 0 Å². The van der Waals surface area contributed by atoms with Crippen LogP contribution in [-0.2, 0) is 11.2 Å². The summed E-state index contributed by atoms with van der Waals surface area (Å²) in [4.78, 5) is 0. The van der Waals surface area contributed by atoms with Gasteiger partial charge in [-0.05, 0) is 18.6 Å². The maximum absolute atomic E-state index is 5.66. The van der Waals surface area contributed by atoms with Crippen molar-refractivity contribution < 1.29 is 9.47 Å². The summed E-state index contributed by atoms with van der Waals surface area (Å²) in [7, 11) is 1.73. The molecule has 1 aliphatic heterocycles. The molecule has 1 aliphatic rings. The van der Waals surface area contributed by atoms with Gasteiger partial charge in [0.2, 0.25) is 0 Å². The molecule has 3 heteroatoms. The zero-order valence-electron chi connectivity index (χ0n) is 8.13. The molecule has 1 aromatic carbocycles. The third-order valence-corrected chi connectivity index (χ3v) is 3.19. The van der Waals surface area contributed by atoms with Crippen molar-refractivity contribution in [1.29, 1.82) is 0 Å². The molecule has 0 N–H and O–H groups in total. The molecule has 0 aromatic heterocycles. The van der Waals surface area contributed by atoms with E-state index in [1.54, 1.807) is 7.11 Å². The number of methoxy groups -OCH3 is 1. The third kappa shape index (κ3) is 1.93. The Kier molecular flexibility index (Phi) is 3.08. The molecule has 0 fully saturated rings. The zero-order valence-corrected chi connectivity index (χ0v) is 9.71. The van der Waals surface area contributed by atoms with Crippen LogP contribution in [0.3, 0.4) is 0 Å². The Hall–Kier alpha value is -0.540. The summed E-state index contributed by atoms with van der Waals surface area (Å²) in [6.45, 7) is 1.53. The van der Waals surface area contributed by atoms with Crippen LogP contribution < -0.4 is 4.74 Å². The smallest absolute Gasteiger partial charge is 0.123 e. The Bertz CT molecular complexity index is 325. The van der Waals surface area contributed by atoms with Crippen LogP contribution in [0.1, 0.15) is 5.56 Å². The van der Waals surface area contributed by atoms with Gasteiger partial charge < -0.3 is 9.47 Å². The Balaban J connectivity index is 2.20. The summed E-state index contributed by atoms with van der Waals surface area (Å²) < 4.78 is 11.9. The lowest BCUT2D eigenvalue weighted by molar-refractivity contribution is 0.107. The fraction of sp³-hybridized carbons (Fsp3) is 0.455. The summed E-state index contributed by atoms with van der Waals surface area (Å²) in [6.07, 6.45) is 1.03. The quantitative estimate of drug-likeness (QED) is 0.810. The van der Waals surface area contributed by atoms with Crippen molar-refractivity contribution >= 4 is 15.9 Å². The van der Waals surface area contributed by atoms with Crippen LogP contribution in [0.5, 0.6) is 5.75 Å². The fourth-order valence-electron chi connectivity index (χ4n) is 1.77. The lowest BCUT2D eigenvalue weighted by Crippen LogP contribution is -2.24. The van der Waals surface area contributed by atoms with Crippen molar-refractivity contribution in [3.8, 4) is 5.75 Å². The van der Waals surface area contributed by atoms with Crippen LogP contribution in [0.25, 0.3) is 0 Å². The van der Waals surface area contributed by atoms with Crippen LogP contribution in [0, 0.1) is 5.92 Å². The van der Waals surface area contributed by atoms with Gasteiger partial charge in [0.15, 0.2) is 0 Å². The summed E-state index contributed by atoms with van der Waals surface area (Å²) in [5.41, 5.74) is 1.26. The Morgan fingerprint density at radius 1 is 1.57 bits per heavy atom. The molecule has 2 rings (SSSR count). The van der Waals surface area contributed by atoms with Gasteiger partial charge in [0.1, 0.15) is 5.75 Å². The Labute approximate surface area is 92.3 Å². The second kappa shape index (κ2) is 4.32. The standard InChI is InChI=1S/C11H13BrO2/c1-13-6-8-5-9-10(12)3-2-4-11(9)14-7-8/h2-4,8H,5-7H2,1H3. The first-order valence-corrected chi connectivity index (χ1v) is 5.49. The Morgan fingerprint density at radius 2 is 2.43 bits per heavy atom. The van der Waals surface area contributed by atoms with Gasteiger partial charge in [-0.15, -0.1) is 0 Å². The average Bonchev–Trinajstić information content (AvgIpc) is 2.20. The number of rotatable bonds is 2. The molecular formula is C11H13BrO2. The van der Waals surface area contributed by atoms with Crippen LogP contribution in [0.4, 0.5) is 0 Å². The maximum Gasteiger partial charge on any atom is 0.123 e. The number of hydrogen-bond donors (Lipinski definition) is 0. The monoisotopic (exact) mass is 256 g/mol. The number of benzene rings is 1. The molecule has 2 nitrogen and oxygen atoms in total. The molecule has 1 heterocycles. The second-order valence-electron chi connectivity index (χ2n) is 3.55. The molecule has 1 aromatic rings. The second-order valence-corrected chi connectivity index (χ2v) is 4.41. The number of hydrogen-bond acceptors (Lipinski definition) is 2. The first-order chi connectivity index (χ1) is 6.81. The van der Waals surface area contributed by atoms with E-state index < -0.39 is 0 Å². The molecule has 0 aliphatic carbocycles. The highest BCUT2D eigenvalue weighted by atomic mass is 79.9. The number of halogens is 1. The molecule has 0 amide bonds. The summed E-state index contributed by atoms with van der Waals surface area (Å²) in [6, 6.07) is 6.07. The van der Waals surface area contributed by atoms with Gasteiger partial charge in [0, 0.05) is 23.1 Å². The van der Waals surface area contributed by atoms with E-state index in [4.69, 9.17) is 9.47 Å². The first kappa shape index (κ1) is 9.99. The van der Waals surface area contributed by atoms with Crippen LogP contribution in [0.15, 0.2) is 22.7 Å². The van der Waals surface area contributed by atoms with Gasteiger partial charge in [0.25, 0.3) is 0 Å². The van der Waals surface area contributed by atoms with E-state index in [9.17, 15) is 0 Å². The van der Waals surface area contributed by atoms with Crippen LogP contribution >= 0.6 is 15.9 Å². The predicted octanol–water partition coefficient (Wildman–Crippen LogP) is 2.65. The van der Waals surface area contributed by atoms with Crippen molar-refractivity contribution in [2.24, 2.45) is 5.92 Å². The molecule has 76 valence electrons. The lowest BCUT2D eigenvalue weighted by Gasteiger charge is -2.25. The average molecular weight is 257 g/mol. The van der Waals surface area contributed by atoms with E-state index in [1.807, 2.05) is 12.1 Å². The molecule has 0 saturated heterocycles. The van der Waals surface area contributed by atoms with E-state index in [0.717, 1.165) is 29.9 Å². The van der Waals surface area contributed by atoms with Crippen molar-refractivity contribution in [2.75, 3.05) is 20.3 Å². The van der Waals surface area contributed by atoms with Gasteiger partial charge >= 0.3 is 0 Å². The summed E-state index contributed by atoms with van der Waals surface area (Å²) in [5.74, 6) is 1.48. The van der Waals surface area contributed by atoms with Gasteiger partial charge in [-0.1, -0.05) is 22.0 Å². The SMILES string of the molecule is COCC1COc2cccc(Br)c2C1. The normalized spacial score (nSPS) is 20.0. The highest BCUT2D eigenvalue weighted by molar-refractivity contribution is 9.10. The van der Waals surface area contributed by atoms with E-state index in [0.29, 0.717) is 5.92 Å². The molecule has 0 radical (unpaired) electrons. The fourth-order valence-corrected chi connectivity index (χ4v) is 2.28. The third-order valence-electron chi connectivity index (χ3n) is 2.45. The van der Waals surface area contributed by atoms with Gasteiger partial charge in [-0.3, -0.25) is 0 Å². The largest absolute Gasteiger partial charge is 0.493 e. The molecule has 1 unspecified atom stereocenters. The van der Waals surface area contributed by atoms with Crippen LogP contribution in [0.2, 0.25) is 0 Å². The minimum Gasteiger partial charge on any atom is -0.493 e. The highest BCUT2D eigenvalue weighted by Crippen LogP contribution is 2.32. The van der Waals surface area contributed by atoms with Crippen LogP contribution in [-0.4, -0.2) is 20.3 Å². The van der Waals surface area contributed by atoms with Crippen molar-refractivity contribution in [3.63, 3.8) is 0 Å². The molecule has 0 saturated carbocycles. The highest BCUT2D eigenvalue weighted by Gasteiger charge is 2.21. The number of fused-ring (bicyclic) bond motifs is 1. The van der Waals surface area contributed by atoms with Crippen molar-refractivity contribution in [1.82, 2.24) is 0 Å². The Morgan fingerprint density at radius 3 is 3.21 bits per heavy atom. The van der Waals surface area contributed by atoms with E-state index in [-0.39, 0.29) is 0 Å². The minimum atomic E-state index is 0.478. The molecule has 0 spiro atoms. The molecular weight excluding hydrogens is 244 g/mol. The molecule has 1 atom stereocenters. The van der Waals surface area contributed by atoms with E-state index >= 15 is 0 Å². The number of ether oxygens (including phenoxy) is 2. The minimum absolute atomic E-state index is 0.478. The lowest BCUT2D eigenvalue weighted by atomic mass is 9.97. The van der Waals surface area contributed by atoms with E-state index in [2.05, 4.69) is 22.0 Å². The summed E-state index contributed by atoms with van der Waals surface area (Å²) >= 11 is 3.54.